The molecule has 4 heteroatoms. The average molecular weight is 210 g/mol. The van der Waals surface area contributed by atoms with Gasteiger partial charge in [-0.25, -0.2) is 0 Å². The highest BCUT2D eigenvalue weighted by Crippen LogP contribution is 2.07. The van der Waals surface area contributed by atoms with Gasteiger partial charge in [0.05, 0.1) is 5.92 Å². The molecule has 0 atom stereocenters. The monoisotopic (exact) mass is 210 g/mol. The summed E-state index contributed by atoms with van der Waals surface area (Å²) >= 11 is 0. The van der Waals surface area contributed by atoms with Gasteiger partial charge < -0.3 is 9.62 Å². The van der Waals surface area contributed by atoms with E-state index in [4.69, 9.17) is 9.62 Å². The van der Waals surface area contributed by atoms with Crippen LogP contribution in [0, 0.1) is 5.92 Å². The van der Waals surface area contributed by atoms with Crippen molar-refractivity contribution in [2.45, 2.75) is 13.8 Å². The summed E-state index contributed by atoms with van der Waals surface area (Å²) in [5.74, 6) is -0.0111. The summed E-state index contributed by atoms with van der Waals surface area (Å²) in [7, 11) is 0. The van der Waals surface area contributed by atoms with E-state index in [0.29, 0.717) is 12.4 Å². The Bertz CT molecular complexity index is 300. The van der Waals surface area contributed by atoms with Gasteiger partial charge in [0.1, 0.15) is 18.6 Å². The van der Waals surface area contributed by atoms with Gasteiger partial charge in [-0.2, -0.15) is 4.89 Å². The molecule has 0 aromatic carbocycles. The van der Waals surface area contributed by atoms with Crippen LogP contribution in [0.3, 0.4) is 0 Å². The molecule has 15 heavy (non-hydrogen) atoms. The van der Waals surface area contributed by atoms with Gasteiger partial charge in [0.15, 0.2) is 0 Å². The summed E-state index contributed by atoms with van der Waals surface area (Å²) in [6.07, 6.45) is 8.01. The molecule has 0 fully saturated rings. The van der Waals surface area contributed by atoms with Crippen molar-refractivity contribution < 1.29 is 19.3 Å². The second kappa shape index (κ2) is 6.03. The van der Waals surface area contributed by atoms with Crippen LogP contribution in [-0.2, 0) is 19.3 Å². The Balaban J connectivity index is 2.64. The van der Waals surface area contributed by atoms with E-state index >= 15 is 0 Å². The molecule has 82 valence electrons. The third kappa shape index (κ3) is 4.46. The van der Waals surface area contributed by atoms with E-state index in [1.54, 1.807) is 32.1 Å². The Hall–Kier alpha value is -1.55. The topological polar surface area (TPSA) is 44.8 Å². The van der Waals surface area contributed by atoms with Gasteiger partial charge in [0.2, 0.25) is 0 Å². The average Bonchev–Trinajstić information content (AvgIpc) is 2.31. The van der Waals surface area contributed by atoms with Crippen molar-refractivity contribution in [3.05, 3.63) is 36.3 Å². The van der Waals surface area contributed by atoms with Crippen molar-refractivity contribution >= 4 is 5.97 Å². The number of allylic oxidation sites excluding steroid dienone is 3. The number of ether oxygens (including phenoxy) is 1. The third-order valence-electron chi connectivity index (χ3n) is 1.61. The van der Waals surface area contributed by atoms with E-state index in [2.05, 4.69) is 4.89 Å². The van der Waals surface area contributed by atoms with Crippen LogP contribution in [0.4, 0.5) is 0 Å². The van der Waals surface area contributed by atoms with Crippen molar-refractivity contribution in [3.63, 3.8) is 0 Å². The Kier molecular flexibility index (Phi) is 4.63. The maximum absolute atomic E-state index is 11.3. The molecule has 1 heterocycles. The van der Waals surface area contributed by atoms with Gasteiger partial charge in [0.25, 0.3) is 0 Å². The molecule has 4 nitrogen and oxygen atoms in total. The van der Waals surface area contributed by atoms with Gasteiger partial charge in [0, 0.05) is 6.08 Å². The molecular weight excluding hydrogens is 196 g/mol. The standard InChI is InChI=1S/C11H14O4/c1-9(2)11(12)15-10-5-3-4-7-13-14-8-6-10/h3-6,8-9H,7H2,1-2H3/b4-3-,8-6-,10-5+. The second-order valence-corrected chi connectivity index (χ2v) is 3.26. The number of rotatable bonds is 2. The van der Waals surface area contributed by atoms with Crippen LogP contribution in [0.2, 0.25) is 0 Å². The van der Waals surface area contributed by atoms with Gasteiger partial charge in [-0.15, -0.1) is 0 Å². The second-order valence-electron chi connectivity index (χ2n) is 3.26. The van der Waals surface area contributed by atoms with Crippen LogP contribution in [0.1, 0.15) is 13.8 Å². The molecule has 0 amide bonds. The molecule has 1 rings (SSSR count). The summed E-state index contributed by atoms with van der Waals surface area (Å²) in [5, 5.41) is 0. The van der Waals surface area contributed by atoms with E-state index in [1.807, 2.05) is 0 Å². The highest BCUT2D eigenvalue weighted by Gasteiger charge is 2.09. The zero-order valence-electron chi connectivity index (χ0n) is 8.80. The molecule has 1 aliphatic rings. The van der Waals surface area contributed by atoms with Crippen molar-refractivity contribution in [2.24, 2.45) is 5.92 Å². The lowest BCUT2D eigenvalue weighted by molar-refractivity contribution is -0.238. The zero-order chi connectivity index (χ0) is 11.1. The van der Waals surface area contributed by atoms with Crippen molar-refractivity contribution in [3.8, 4) is 0 Å². The van der Waals surface area contributed by atoms with E-state index in [0.717, 1.165) is 0 Å². The van der Waals surface area contributed by atoms with Crippen LogP contribution >= 0.6 is 0 Å². The SMILES string of the molecule is CC(C)C(=O)OC1=C/C=C\COO/C=C\1. The molecular formula is C11H14O4. The minimum atomic E-state index is -0.278. The summed E-state index contributed by atoms with van der Waals surface area (Å²) in [4.78, 5) is 20.7. The largest absolute Gasteiger partial charge is 0.426 e. The number of carbonyl (C=O) groups is 1. The Labute approximate surface area is 88.7 Å². The summed E-state index contributed by atoms with van der Waals surface area (Å²) in [6, 6.07) is 0. The van der Waals surface area contributed by atoms with Crippen molar-refractivity contribution in [2.75, 3.05) is 6.61 Å². The fraction of sp³-hybridized carbons (Fsp3) is 0.364. The van der Waals surface area contributed by atoms with E-state index in [-0.39, 0.29) is 11.9 Å². The number of hydrogen-bond donors (Lipinski definition) is 0. The number of hydrogen-bond acceptors (Lipinski definition) is 4. The first-order valence-electron chi connectivity index (χ1n) is 4.73. The fourth-order valence-electron chi connectivity index (χ4n) is 0.789. The predicted octanol–water partition coefficient (Wildman–Crippen LogP) is 2.10. The molecule has 0 saturated heterocycles. The first-order valence-corrected chi connectivity index (χ1v) is 4.73. The van der Waals surface area contributed by atoms with Gasteiger partial charge >= 0.3 is 5.97 Å². The summed E-state index contributed by atoms with van der Waals surface area (Å²) in [5.41, 5.74) is 0. The van der Waals surface area contributed by atoms with Crippen LogP contribution in [0.25, 0.3) is 0 Å². The highest BCUT2D eigenvalue weighted by molar-refractivity contribution is 5.73. The molecule has 0 N–H and O–H groups in total. The lowest BCUT2D eigenvalue weighted by atomic mass is 10.2. The Morgan fingerprint density at radius 3 is 3.07 bits per heavy atom. The molecule has 0 spiro atoms. The first-order chi connectivity index (χ1) is 7.20. The number of esters is 1. The lowest BCUT2D eigenvalue weighted by Crippen LogP contribution is -2.10. The Morgan fingerprint density at radius 2 is 2.33 bits per heavy atom. The quantitative estimate of drug-likeness (QED) is 0.517. The number of carbonyl (C=O) groups excluding carboxylic acids is 1. The van der Waals surface area contributed by atoms with Crippen LogP contribution in [-0.4, -0.2) is 12.6 Å². The van der Waals surface area contributed by atoms with Gasteiger partial charge in [-0.05, 0) is 6.08 Å². The van der Waals surface area contributed by atoms with Crippen LogP contribution in [0.5, 0.6) is 0 Å². The molecule has 0 aromatic heterocycles. The Morgan fingerprint density at radius 1 is 1.53 bits per heavy atom. The van der Waals surface area contributed by atoms with E-state index in [9.17, 15) is 4.79 Å². The van der Waals surface area contributed by atoms with Crippen molar-refractivity contribution in [1.29, 1.82) is 0 Å². The maximum Gasteiger partial charge on any atom is 0.313 e. The molecule has 0 aromatic rings. The van der Waals surface area contributed by atoms with E-state index in [1.165, 1.54) is 12.3 Å². The summed E-state index contributed by atoms with van der Waals surface area (Å²) < 4.78 is 5.09. The lowest BCUT2D eigenvalue weighted by Gasteiger charge is -2.06. The fourth-order valence-corrected chi connectivity index (χ4v) is 0.789. The zero-order valence-corrected chi connectivity index (χ0v) is 8.80. The summed E-state index contributed by atoms with van der Waals surface area (Å²) in [6.45, 7) is 3.90. The normalized spacial score (nSPS) is 23.8. The molecule has 0 unspecified atom stereocenters. The van der Waals surface area contributed by atoms with Crippen molar-refractivity contribution in [1.82, 2.24) is 0 Å². The molecule has 0 aliphatic carbocycles. The highest BCUT2D eigenvalue weighted by atomic mass is 17.2. The van der Waals surface area contributed by atoms with Crippen LogP contribution in [0.15, 0.2) is 36.3 Å². The van der Waals surface area contributed by atoms with Gasteiger partial charge in [-0.3, -0.25) is 4.79 Å². The molecule has 0 radical (unpaired) electrons. The molecule has 1 aliphatic heterocycles. The molecule has 0 bridgehead atoms. The van der Waals surface area contributed by atoms with Crippen LogP contribution < -0.4 is 0 Å². The van der Waals surface area contributed by atoms with Gasteiger partial charge in [-0.1, -0.05) is 26.0 Å². The molecule has 0 saturated carbocycles. The first kappa shape index (κ1) is 11.5. The minimum absolute atomic E-state index is 0.159. The third-order valence-corrected chi connectivity index (χ3v) is 1.61. The predicted molar refractivity (Wildman–Crippen MR) is 54.3 cm³/mol. The van der Waals surface area contributed by atoms with E-state index < -0.39 is 0 Å². The minimum Gasteiger partial charge on any atom is -0.426 e. The smallest absolute Gasteiger partial charge is 0.313 e. The maximum atomic E-state index is 11.3.